The van der Waals surface area contributed by atoms with Crippen molar-refractivity contribution in [2.75, 3.05) is 19.6 Å². The molecule has 1 saturated carbocycles. The molecular weight excluding hydrogens is 249 g/mol. The summed E-state index contributed by atoms with van der Waals surface area (Å²) in [5.41, 5.74) is 5.19. The molecule has 1 unspecified atom stereocenters. The van der Waals surface area contributed by atoms with Gasteiger partial charge in [-0.25, -0.2) is 0 Å². The van der Waals surface area contributed by atoms with Gasteiger partial charge in [-0.05, 0) is 25.3 Å². The van der Waals surface area contributed by atoms with Crippen LogP contribution in [0.2, 0.25) is 0 Å². The van der Waals surface area contributed by atoms with E-state index >= 15 is 0 Å². The molecule has 0 aromatic rings. The van der Waals surface area contributed by atoms with Crippen molar-refractivity contribution < 1.29 is 13.2 Å². The lowest BCUT2D eigenvalue weighted by atomic mass is 9.85. The van der Waals surface area contributed by atoms with Crippen molar-refractivity contribution in [3.8, 4) is 0 Å². The van der Waals surface area contributed by atoms with Crippen LogP contribution in [-0.4, -0.2) is 35.7 Å². The fraction of sp³-hybridized carbons (Fsp3) is 0.909. The SMILES string of the molecule is CCN(CC1CCC1)CC(C(N)=S)C(F)(F)F. The molecule has 0 spiro atoms. The number of nitrogens with zero attached hydrogens (tertiary/aromatic N) is 1. The average molecular weight is 268 g/mol. The second kappa shape index (κ2) is 6.00. The van der Waals surface area contributed by atoms with Gasteiger partial charge in [-0.1, -0.05) is 25.6 Å². The van der Waals surface area contributed by atoms with Gasteiger partial charge in [0, 0.05) is 13.1 Å². The van der Waals surface area contributed by atoms with Crippen molar-refractivity contribution in [2.45, 2.75) is 32.4 Å². The molecule has 6 heteroatoms. The maximum atomic E-state index is 12.7. The van der Waals surface area contributed by atoms with Crippen molar-refractivity contribution in [3.05, 3.63) is 0 Å². The first kappa shape index (κ1) is 14.7. The molecule has 17 heavy (non-hydrogen) atoms. The third-order valence-corrected chi connectivity index (χ3v) is 3.65. The fourth-order valence-corrected chi connectivity index (χ4v) is 2.19. The van der Waals surface area contributed by atoms with Crippen LogP contribution in [0.1, 0.15) is 26.2 Å². The predicted molar refractivity (Wildman–Crippen MR) is 65.8 cm³/mol. The van der Waals surface area contributed by atoms with E-state index in [0.29, 0.717) is 12.5 Å². The van der Waals surface area contributed by atoms with Gasteiger partial charge in [-0.2, -0.15) is 13.2 Å². The van der Waals surface area contributed by atoms with Crippen LogP contribution in [0.5, 0.6) is 0 Å². The van der Waals surface area contributed by atoms with Crippen molar-refractivity contribution in [2.24, 2.45) is 17.6 Å². The zero-order chi connectivity index (χ0) is 13.1. The molecule has 1 fully saturated rings. The van der Waals surface area contributed by atoms with Crippen molar-refractivity contribution >= 4 is 17.2 Å². The second-order valence-corrected chi connectivity index (χ2v) is 5.12. The summed E-state index contributed by atoms with van der Waals surface area (Å²) in [6.45, 7) is 3.09. The second-order valence-electron chi connectivity index (χ2n) is 4.65. The van der Waals surface area contributed by atoms with Crippen molar-refractivity contribution in [3.63, 3.8) is 0 Å². The Morgan fingerprint density at radius 1 is 1.47 bits per heavy atom. The molecule has 1 aliphatic carbocycles. The Kier molecular flexibility index (Phi) is 5.19. The summed E-state index contributed by atoms with van der Waals surface area (Å²) in [7, 11) is 0. The van der Waals surface area contributed by atoms with Gasteiger partial charge in [-0.15, -0.1) is 0 Å². The minimum Gasteiger partial charge on any atom is -0.393 e. The van der Waals surface area contributed by atoms with Crippen LogP contribution in [0.4, 0.5) is 13.2 Å². The maximum Gasteiger partial charge on any atom is 0.399 e. The molecule has 0 saturated heterocycles. The molecular formula is C11H19F3N2S. The first-order valence-electron chi connectivity index (χ1n) is 5.93. The quantitative estimate of drug-likeness (QED) is 0.751. The van der Waals surface area contributed by atoms with E-state index in [4.69, 9.17) is 5.73 Å². The lowest BCUT2D eigenvalue weighted by molar-refractivity contribution is -0.159. The summed E-state index contributed by atoms with van der Waals surface area (Å²) in [5.74, 6) is -1.13. The van der Waals surface area contributed by atoms with Gasteiger partial charge in [0.25, 0.3) is 0 Å². The molecule has 0 heterocycles. The largest absolute Gasteiger partial charge is 0.399 e. The number of hydrogen-bond donors (Lipinski definition) is 1. The summed E-state index contributed by atoms with van der Waals surface area (Å²) in [6, 6.07) is 0. The monoisotopic (exact) mass is 268 g/mol. The van der Waals surface area contributed by atoms with Gasteiger partial charge < -0.3 is 10.6 Å². The molecule has 2 N–H and O–H groups in total. The minimum atomic E-state index is -4.33. The number of thiocarbonyl (C=S) groups is 1. The molecule has 2 nitrogen and oxygen atoms in total. The Hall–Kier alpha value is -0.360. The van der Waals surface area contributed by atoms with Gasteiger partial charge in [0.1, 0.15) is 5.92 Å². The molecule has 0 bridgehead atoms. The van der Waals surface area contributed by atoms with E-state index in [0.717, 1.165) is 19.4 Å². The van der Waals surface area contributed by atoms with Gasteiger partial charge in [-0.3, -0.25) is 0 Å². The van der Waals surface area contributed by atoms with E-state index in [9.17, 15) is 13.2 Å². The van der Waals surface area contributed by atoms with Crippen LogP contribution in [0.25, 0.3) is 0 Å². The first-order chi connectivity index (χ1) is 7.84. The lowest BCUT2D eigenvalue weighted by Crippen LogP contribution is -2.45. The smallest absolute Gasteiger partial charge is 0.393 e. The minimum absolute atomic E-state index is 0.105. The average Bonchev–Trinajstić information content (AvgIpc) is 2.12. The summed E-state index contributed by atoms with van der Waals surface area (Å²) in [5, 5.41) is 0. The highest BCUT2D eigenvalue weighted by Gasteiger charge is 2.42. The highest BCUT2D eigenvalue weighted by Crippen LogP contribution is 2.30. The zero-order valence-corrected chi connectivity index (χ0v) is 10.8. The molecule has 0 aromatic heterocycles. The van der Waals surface area contributed by atoms with Crippen LogP contribution >= 0.6 is 12.2 Å². The Balaban J connectivity index is 2.53. The van der Waals surface area contributed by atoms with Crippen molar-refractivity contribution in [1.29, 1.82) is 0 Å². The normalized spacial score (nSPS) is 19.1. The highest BCUT2D eigenvalue weighted by molar-refractivity contribution is 7.80. The molecule has 100 valence electrons. The highest BCUT2D eigenvalue weighted by atomic mass is 32.1. The Morgan fingerprint density at radius 2 is 2.06 bits per heavy atom. The number of alkyl halides is 3. The molecule has 0 aromatic carbocycles. The zero-order valence-electron chi connectivity index (χ0n) is 9.96. The van der Waals surface area contributed by atoms with E-state index in [2.05, 4.69) is 12.2 Å². The number of rotatable bonds is 6. The number of nitrogens with two attached hydrogens (primary N) is 1. The van der Waals surface area contributed by atoms with Crippen molar-refractivity contribution in [1.82, 2.24) is 4.90 Å². The molecule has 0 amide bonds. The Labute approximate surface area is 105 Å². The topological polar surface area (TPSA) is 29.3 Å². The standard InChI is InChI=1S/C11H19F3N2S/c1-2-16(6-8-4-3-5-8)7-9(10(15)17)11(12,13)14/h8-9H,2-7H2,1H3,(H2,15,17). The Morgan fingerprint density at radius 3 is 2.35 bits per heavy atom. The summed E-state index contributed by atoms with van der Waals surface area (Å²) < 4.78 is 38.1. The van der Waals surface area contributed by atoms with E-state index in [-0.39, 0.29) is 6.54 Å². The molecule has 1 atom stereocenters. The molecule has 1 aliphatic rings. The van der Waals surface area contributed by atoms with Gasteiger partial charge >= 0.3 is 6.18 Å². The molecule has 0 aliphatic heterocycles. The molecule has 0 radical (unpaired) electrons. The van der Waals surface area contributed by atoms with Crippen LogP contribution in [0.15, 0.2) is 0 Å². The van der Waals surface area contributed by atoms with E-state index in [1.54, 1.807) is 4.90 Å². The predicted octanol–water partition coefficient (Wildman–Crippen LogP) is 2.57. The van der Waals surface area contributed by atoms with Crippen LogP contribution in [0, 0.1) is 11.8 Å². The third kappa shape index (κ3) is 4.43. The van der Waals surface area contributed by atoms with Crippen LogP contribution in [-0.2, 0) is 0 Å². The Bertz CT molecular complexity index is 264. The maximum absolute atomic E-state index is 12.7. The number of hydrogen-bond acceptors (Lipinski definition) is 2. The van der Waals surface area contributed by atoms with Gasteiger partial charge in [0.05, 0.1) is 4.99 Å². The number of halogens is 3. The third-order valence-electron chi connectivity index (χ3n) is 3.37. The van der Waals surface area contributed by atoms with E-state index in [1.807, 2.05) is 6.92 Å². The summed E-state index contributed by atoms with van der Waals surface area (Å²) in [4.78, 5) is 1.35. The van der Waals surface area contributed by atoms with E-state index < -0.39 is 17.1 Å². The lowest BCUT2D eigenvalue weighted by Gasteiger charge is -2.34. The fourth-order valence-electron chi connectivity index (χ4n) is 1.99. The summed E-state index contributed by atoms with van der Waals surface area (Å²) in [6.07, 6.45) is -0.889. The molecule has 1 rings (SSSR count). The first-order valence-corrected chi connectivity index (χ1v) is 6.33. The van der Waals surface area contributed by atoms with E-state index in [1.165, 1.54) is 6.42 Å². The van der Waals surface area contributed by atoms with Crippen LogP contribution in [0.3, 0.4) is 0 Å². The van der Waals surface area contributed by atoms with Gasteiger partial charge in [0.15, 0.2) is 0 Å². The van der Waals surface area contributed by atoms with Gasteiger partial charge in [0.2, 0.25) is 0 Å². The van der Waals surface area contributed by atoms with Crippen LogP contribution < -0.4 is 5.73 Å². The summed E-state index contributed by atoms with van der Waals surface area (Å²) >= 11 is 4.52.